The molecule has 27 heavy (non-hydrogen) atoms. The molecule has 0 aromatic carbocycles. The highest BCUT2D eigenvalue weighted by Gasteiger charge is 2.39. The maximum Gasteiger partial charge on any atom is 0.451 e. The number of carbonyl (C=O) groups excluding carboxylic acids is 1. The molecule has 2 aromatic rings. The van der Waals surface area contributed by atoms with Gasteiger partial charge in [0.2, 0.25) is 11.7 Å². The molecule has 1 aliphatic carbocycles. The summed E-state index contributed by atoms with van der Waals surface area (Å²) >= 11 is 0. The van der Waals surface area contributed by atoms with Crippen molar-refractivity contribution in [3.05, 3.63) is 39.3 Å². The van der Waals surface area contributed by atoms with Crippen LogP contribution < -0.4 is 5.56 Å². The lowest BCUT2D eigenvalue weighted by Crippen LogP contribution is -2.42. The van der Waals surface area contributed by atoms with Gasteiger partial charge < -0.3 is 9.47 Å². The first kappa shape index (κ1) is 17.7. The molecule has 1 aliphatic heterocycles. The Labute approximate surface area is 151 Å². The van der Waals surface area contributed by atoms with Gasteiger partial charge in [0.05, 0.1) is 12.2 Å². The van der Waals surface area contributed by atoms with Crippen LogP contribution in [-0.4, -0.2) is 41.9 Å². The minimum atomic E-state index is -4.59. The van der Waals surface area contributed by atoms with Crippen LogP contribution in [0.4, 0.5) is 13.2 Å². The second-order valence-corrected chi connectivity index (χ2v) is 6.72. The number of carbonyl (C=O) groups is 1. The Kier molecular flexibility index (Phi) is 4.23. The van der Waals surface area contributed by atoms with Crippen molar-refractivity contribution < 1.29 is 18.0 Å². The average Bonchev–Trinajstić information content (AvgIpc) is 3.05. The maximum absolute atomic E-state index is 12.9. The highest BCUT2D eigenvalue weighted by molar-refractivity contribution is 5.75. The zero-order valence-electron chi connectivity index (χ0n) is 14.4. The Morgan fingerprint density at radius 2 is 1.93 bits per heavy atom. The van der Waals surface area contributed by atoms with Crippen molar-refractivity contribution in [2.75, 3.05) is 6.54 Å². The van der Waals surface area contributed by atoms with Crippen LogP contribution >= 0.6 is 0 Å². The molecule has 0 saturated carbocycles. The van der Waals surface area contributed by atoms with E-state index >= 15 is 0 Å². The number of halogens is 3. The zero-order valence-corrected chi connectivity index (χ0v) is 14.4. The molecule has 144 valence electrons. The molecule has 4 rings (SSSR count). The Morgan fingerprint density at radius 1 is 1.15 bits per heavy atom. The molecular formula is C16H17F3N6O2. The molecule has 0 atom stereocenters. The molecule has 8 nitrogen and oxygen atoms in total. The van der Waals surface area contributed by atoms with Gasteiger partial charge in [-0.1, -0.05) is 0 Å². The Bertz CT molecular complexity index is 949. The second-order valence-electron chi connectivity index (χ2n) is 6.72. The minimum Gasteiger partial charge on any atom is -0.332 e. The molecule has 2 aromatic heterocycles. The summed E-state index contributed by atoms with van der Waals surface area (Å²) in [4.78, 5) is 26.1. The van der Waals surface area contributed by atoms with Gasteiger partial charge in [-0.3, -0.25) is 9.59 Å². The molecule has 0 bridgehead atoms. The maximum atomic E-state index is 12.9. The Hall–Kier alpha value is -2.72. The molecule has 2 aliphatic rings. The van der Waals surface area contributed by atoms with Crippen molar-refractivity contribution in [2.24, 2.45) is 0 Å². The van der Waals surface area contributed by atoms with Crippen molar-refractivity contribution in [1.29, 1.82) is 0 Å². The number of fused-ring (bicyclic) bond motifs is 2. The smallest absolute Gasteiger partial charge is 0.332 e. The SMILES string of the molecule is O=C(Cn1nc2c(cc1=O)CCCC2)N1CCn2c(nnc2C(F)(F)F)C1. The highest BCUT2D eigenvalue weighted by atomic mass is 19.4. The molecular weight excluding hydrogens is 365 g/mol. The van der Waals surface area contributed by atoms with E-state index in [2.05, 4.69) is 15.3 Å². The quantitative estimate of drug-likeness (QED) is 0.766. The van der Waals surface area contributed by atoms with Crippen LogP contribution in [0.25, 0.3) is 0 Å². The largest absolute Gasteiger partial charge is 0.451 e. The second kappa shape index (κ2) is 6.46. The van der Waals surface area contributed by atoms with E-state index in [1.807, 2.05) is 0 Å². The number of rotatable bonds is 2. The number of nitrogens with zero attached hydrogens (tertiary/aromatic N) is 6. The van der Waals surface area contributed by atoms with Crippen molar-refractivity contribution >= 4 is 5.91 Å². The van der Waals surface area contributed by atoms with E-state index in [4.69, 9.17) is 0 Å². The topological polar surface area (TPSA) is 85.9 Å². The van der Waals surface area contributed by atoms with E-state index in [1.165, 1.54) is 11.0 Å². The molecule has 0 radical (unpaired) electrons. The van der Waals surface area contributed by atoms with E-state index in [0.717, 1.165) is 46.2 Å². The predicted octanol–water partition coefficient (Wildman–Crippen LogP) is 0.775. The van der Waals surface area contributed by atoms with Crippen LogP contribution in [-0.2, 0) is 43.4 Å². The van der Waals surface area contributed by atoms with Crippen molar-refractivity contribution in [3.63, 3.8) is 0 Å². The first-order chi connectivity index (χ1) is 12.8. The third-order valence-corrected chi connectivity index (χ3v) is 4.92. The standard InChI is InChI=1S/C16H17F3N6O2/c17-16(18,19)15-21-20-12-8-23(5-6-24(12)15)14(27)9-25-13(26)7-10-3-1-2-4-11(10)22-25/h7H,1-6,8-9H2. The van der Waals surface area contributed by atoms with Gasteiger partial charge in [-0.25, -0.2) is 4.68 Å². The fraction of sp³-hybridized carbons (Fsp3) is 0.562. The van der Waals surface area contributed by atoms with Gasteiger partial charge in [-0.2, -0.15) is 18.3 Å². The van der Waals surface area contributed by atoms with Gasteiger partial charge in [0.25, 0.3) is 5.56 Å². The number of hydrogen-bond acceptors (Lipinski definition) is 5. The monoisotopic (exact) mass is 382 g/mol. The van der Waals surface area contributed by atoms with Crippen LogP contribution in [0.15, 0.2) is 10.9 Å². The summed E-state index contributed by atoms with van der Waals surface area (Å²) in [6.07, 6.45) is -0.981. The zero-order chi connectivity index (χ0) is 19.2. The first-order valence-electron chi connectivity index (χ1n) is 8.70. The molecule has 11 heteroatoms. The lowest BCUT2D eigenvalue weighted by Gasteiger charge is -2.28. The van der Waals surface area contributed by atoms with Gasteiger partial charge in [-0.15, -0.1) is 10.2 Å². The van der Waals surface area contributed by atoms with Gasteiger partial charge in [0.1, 0.15) is 6.54 Å². The summed E-state index contributed by atoms with van der Waals surface area (Å²) in [6.45, 7) is -0.282. The van der Waals surface area contributed by atoms with E-state index < -0.39 is 12.0 Å². The van der Waals surface area contributed by atoms with Crippen LogP contribution in [0.2, 0.25) is 0 Å². The van der Waals surface area contributed by atoms with Crippen LogP contribution in [0.5, 0.6) is 0 Å². The molecule has 3 heterocycles. The van der Waals surface area contributed by atoms with Crippen molar-refractivity contribution in [2.45, 2.75) is 51.5 Å². The van der Waals surface area contributed by atoms with E-state index in [0.29, 0.717) is 0 Å². The predicted molar refractivity (Wildman–Crippen MR) is 85.6 cm³/mol. The van der Waals surface area contributed by atoms with Crippen molar-refractivity contribution in [1.82, 2.24) is 29.4 Å². The fourth-order valence-corrected chi connectivity index (χ4v) is 3.52. The van der Waals surface area contributed by atoms with E-state index in [9.17, 15) is 22.8 Å². The molecule has 0 spiro atoms. The van der Waals surface area contributed by atoms with Gasteiger partial charge in [-0.05, 0) is 31.2 Å². The number of aryl methyl sites for hydroxylation is 2. The number of amides is 1. The molecule has 0 saturated heterocycles. The van der Waals surface area contributed by atoms with E-state index in [1.54, 1.807) is 0 Å². The van der Waals surface area contributed by atoms with Crippen molar-refractivity contribution in [3.8, 4) is 0 Å². The van der Waals surface area contributed by atoms with Crippen LogP contribution in [0, 0.1) is 0 Å². The summed E-state index contributed by atoms with van der Waals surface area (Å²) < 4.78 is 40.8. The lowest BCUT2D eigenvalue weighted by atomic mass is 9.97. The highest BCUT2D eigenvalue weighted by Crippen LogP contribution is 2.29. The summed E-state index contributed by atoms with van der Waals surface area (Å²) in [5.41, 5.74) is 1.42. The fourth-order valence-electron chi connectivity index (χ4n) is 3.52. The average molecular weight is 382 g/mol. The third-order valence-electron chi connectivity index (χ3n) is 4.92. The van der Waals surface area contributed by atoms with Crippen LogP contribution in [0.1, 0.15) is 35.7 Å². The molecule has 0 unspecified atom stereocenters. The van der Waals surface area contributed by atoms with Gasteiger partial charge >= 0.3 is 6.18 Å². The molecule has 0 fully saturated rings. The summed E-state index contributed by atoms with van der Waals surface area (Å²) in [7, 11) is 0. The van der Waals surface area contributed by atoms with Gasteiger partial charge in [0.15, 0.2) is 5.82 Å². The summed E-state index contributed by atoms with van der Waals surface area (Å²) in [5.74, 6) is -1.37. The Morgan fingerprint density at radius 3 is 2.70 bits per heavy atom. The normalized spacial score (nSPS) is 16.8. The van der Waals surface area contributed by atoms with Crippen LogP contribution in [0.3, 0.4) is 0 Å². The third kappa shape index (κ3) is 3.33. The molecule has 1 amide bonds. The Balaban J connectivity index is 1.50. The number of hydrogen-bond donors (Lipinski definition) is 0. The molecule has 0 N–H and O–H groups in total. The lowest BCUT2D eigenvalue weighted by molar-refractivity contribution is -0.148. The number of aromatic nitrogens is 5. The summed E-state index contributed by atoms with van der Waals surface area (Å²) in [6, 6.07) is 1.53. The van der Waals surface area contributed by atoms with E-state index in [-0.39, 0.29) is 43.5 Å². The summed E-state index contributed by atoms with van der Waals surface area (Å²) in [5, 5.41) is 11.0. The minimum absolute atomic E-state index is 0.0462. The van der Waals surface area contributed by atoms with Gasteiger partial charge in [0, 0.05) is 19.2 Å². The first-order valence-corrected chi connectivity index (χ1v) is 8.70. The number of alkyl halides is 3.